The molecule has 0 aromatic heterocycles. The average Bonchev–Trinajstić information content (AvgIpc) is 2.67. The molecule has 1 rings (SSSR count). The van der Waals surface area contributed by atoms with E-state index in [0.717, 1.165) is 29.6 Å². The number of benzene rings is 1. The lowest BCUT2D eigenvalue weighted by Gasteiger charge is -2.23. The predicted molar refractivity (Wildman–Crippen MR) is 109 cm³/mol. The number of hydrogen-bond donors (Lipinski definition) is 2. The van der Waals surface area contributed by atoms with Crippen LogP contribution >= 0.6 is 0 Å². The van der Waals surface area contributed by atoms with E-state index < -0.39 is 10.0 Å². The van der Waals surface area contributed by atoms with Crippen LogP contribution in [0.5, 0.6) is 11.5 Å². The zero-order chi connectivity index (χ0) is 20.3. The molecule has 0 atom stereocenters. The highest BCUT2D eigenvalue weighted by atomic mass is 32.2. The van der Waals surface area contributed by atoms with Crippen LogP contribution in [0, 0.1) is 0 Å². The van der Waals surface area contributed by atoms with E-state index in [0.29, 0.717) is 26.1 Å². The summed E-state index contributed by atoms with van der Waals surface area (Å²) in [5, 5.41) is 3.25. The summed E-state index contributed by atoms with van der Waals surface area (Å²) in [5.41, 5.74) is 1.02. The number of sulfonamides is 1. The maximum atomic E-state index is 11.4. The zero-order valence-corrected chi connectivity index (χ0v) is 17.7. The number of guanidine groups is 1. The lowest BCUT2D eigenvalue weighted by Crippen LogP contribution is -2.38. The molecule has 0 fully saturated rings. The topological polar surface area (TPSA) is 92.3 Å². The number of hydrogen-bond acceptors (Lipinski definition) is 5. The molecule has 1 aromatic carbocycles. The van der Waals surface area contributed by atoms with Gasteiger partial charge in [0, 0.05) is 44.9 Å². The molecule has 1 aromatic rings. The highest BCUT2D eigenvalue weighted by Crippen LogP contribution is 2.25. The number of nitrogens with one attached hydrogen (secondary N) is 2. The fourth-order valence-electron chi connectivity index (χ4n) is 2.38. The first-order chi connectivity index (χ1) is 12.9. The molecule has 0 unspecified atom stereocenters. The van der Waals surface area contributed by atoms with Gasteiger partial charge >= 0.3 is 0 Å². The Bertz CT molecular complexity index is 707. The van der Waals surface area contributed by atoms with Gasteiger partial charge in [-0.05, 0) is 32.4 Å². The molecule has 27 heavy (non-hydrogen) atoms. The fourth-order valence-corrected chi connectivity index (χ4v) is 3.04. The Hall–Kier alpha value is -2.00. The van der Waals surface area contributed by atoms with Crippen molar-refractivity contribution in [3.8, 4) is 11.5 Å². The predicted octanol–water partition coefficient (Wildman–Crippen LogP) is 1.43. The molecule has 0 aliphatic heterocycles. The van der Waals surface area contributed by atoms with Crippen LogP contribution in [-0.4, -0.2) is 65.9 Å². The largest absolute Gasteiger partial charge is 0.497 e. The van der Waals surface area contributed by atoms with Gasteiger partial charge in [-0.3, -0.25) is 4.99 Å². The molecule has 2 N–H and O–H groups in total. The third kappa shape index (κ3) is 8.04. The first-order valence-corrected chi connectivity index (χ1v) is 10.7. The van der Waals surface area contributed by atoms with Gasteiger partial charge in [-0.15, -0.1) is 0 Å². The van der Waals surface area contributed by atoms with E-state index in [1.165, 1.54) is 0 Å². The molecule has 0 bridgehead atoms. The monoisotopic (exact) mass is 400 g/mol. The molecule has 154 valence electrons. The Kier molecular flexibility index (Phi) is 9.95. The summed E-state index contributed by atoms with van der Waals surface area (Å²) in [7, 11) is 2.06. The first-order valence-electron chi connectivity index (χ1n) is 9.04. The third-order valence-electron chi connectivity index (χ3n) is 3.90. The summed E-state index contributed by atoms with van der Waals surface area (Å²) in [6.07, 6.45) is 0.633. The van der Waals surface area contributed by atoms with Crippen molar-refractivity contribution in [1.29, 1.82) is 0 Å². The van der Waals surface area contributed by atoms with Crippen molar-refractivity contribution >= 4 is 16.0 Å². The molecule has 0 spiro atoms. The molecular formula is C18H32N4O4S. The van der Waals surface area contributed by atoms with E-state index in [9.17, 15) is 8.42 Å². The van der Waals surface area contributed by atoms with Gasteiger partial charge in [0.25, 0.3) is 0 Å². The summed E-state index contributed by atoms with van der Waals surface area (Å²) in [6.45, 7) is 5.89. The third-order valence-corrected chi connectivity index (χ3v) is 5.30. The van der Waals surface area contributed by atoms with E-state index in [1.54, 1.807) is 21.1 Å². The van der Waals surface area contributed by atoms with E-state index in [1.807, 2.05) is 37.1 Å². The van der Waals surface area contributed by atoms with Crippen molar-refractivity contribution in [2.75, 3.05) is 46.7 Å². The summed E-state index contributed by atoms with van der Waals surface area (Å²) in [4.78, 5) is 6.58. The fraction of sp³-hybridized carbons (Fsp3) is 0.611. The highest BCUT2D eigenvalue weighted by Gasteiger charge is 2.11. The van der Waals surface area contributed by atoms with Crippen molar-refractivity contribution in [3.05, 3.63) is 23.8 Å². The van der Waals surface area contributed by atoms with Crippen LogP contribution in [0.15, 0.2) is 23.2 Å². The number of ether oxygens (including phenoxy) is 2. The van der Waals surface area contributed by atoms with E-state index in [4.69, 9.17) is 9.47 Å². The van der Waals surface area contributed by atoms with Crippen LogP contribution in [0.25, 0.3) is 0 Å². The van der Waals surface area contributed by atoms with Crippen LogP contribution in [0.1, 0.15) is 25.8 Å². The molecule has 0 amide bonds. The quantitative estimate of drug-likeness (QED) is 0.332. The van der Waals surface area contributed by atoms with Gasteiger partial charge in [-0.1, -0.05) is 0 Å². The molecule has 0 aliphatic rings. The summed E-state index contributed by atoms with van der Waals surface area (Å²) in [5.74, 6) is 2.35. The van der Waals surface area contributed by atoms with Crippen LogP contribution in [0.4, 0.5) is 0 Å². The van der Waals surface area contributed by atoms with Gasteiger partial charge in [-0.2, -0.15) is 0 Å². The Labute approximate surface area is 163 Å². The molecule has 0 saturated heterocycles. The Balaban J connectivity index is 2.70. The first kappa shape index (κ1) is 23.0. The second kappa shape index (κ2) is 11.7. The standard InChI is InChI=1S/C18H32N4O4S/c1-6-19-18(20-11-8-12-21-27(23,24)7-2)22(3)14-15-9-10-16(25-4)13-17(15)26-5/h9-10,13,21H,6-8,11-12,14H2,1-5H3,(H,19,20). The second-order valence-corrected chi connectivity index (χ2v) is 8.02. The van der Waals surface area contributed by atoms with Gasteiger partial charge in [0.15, 0.2) is 5.96 Å². The summed E-state index contributed by atoms with van der Waals surface area (Å²) < 4.78 is 36.1. The van der Waals surface area contributed by atoms with Crippen molar-refractivity contribution in [2.24, 2.45) is 4.99 Å². The minimum atomic E-state index is -3.15. The van der Waals surface area contributed by atoms with E-state index >= 15 is 0 Å². The van der Waals surface area contributed by atoms with Crippen molar-refractivity contribution < 1.29 is 17.9 Å². The van der Waals surface area contributed by atoms with Gasteiger partial charge < -0.3 is 19.7 Å². The van der Waals surface area contributed by atoms with Gasteiger partial charge in [0.2, 0.25) is 10.0 Å². The van der Waals surface area contributed by atoms with E-state index in [-0.39, 0.29) is 5.75 Å². The normalized spacial score (nSPS) is 12.0. The average molecular weight is 401 g/mol. The van der Waals surface area contributed by atoms with Crippen molar-refractivity contribution in [1.82, 2.24) is 14.9 Å². The molecule has 0 heterocycles. The van der Waals surface area contributed by atoms with Crippen LogP contribution < -0.4 is 19.5 Å². The Morgan fingerprint density at radius 1 is 1.22 bits per heavy atom. The minimum Gasteiger partial charge on any atom is -0.497 e. The molecule has 0 saturated carbocycles. The smallest absolute Gasteiger partial charge is 0.211 e. The zero-order valence-electron chi connectivity index (χ0n) is 16.9. The maximum absolute atomic E-state index is 11.4. The SMILES string of the molecule is CCNC(=NCCCNS(=O)(=O)CC)N(C)Cc1ccc(OC)cc1OC. The highest BCUT2D eigenvalue weighted by molar-refractivity contribution is 7.89. The second-order valence-electron chi connectivity index (χ2n) is 5.92. The summed E-state index contributed by atoms with van der Waals surface area (Å²) >= 11 is 0. The lowest BCUT2D eigenvalue weighted by atomic mass is 10.2. The number of nitrogens with zero attached hydrogens (tertiary/aromatic N) is 2. The van der Waals surface area contributed by atoms with Crippen LogP contribution in [0.2, 0.25) is 0 Å². The number of methoxy groups -OCH3 is 2. The molecular weight excluding hydrogens is 368 g/mol. The maximum Gasteiger partial charge on any atom is 0.211 e. The molecule has 9 heteroatoms. The molecule has 0 radical (unpaired) electrons. The van der Waals surface area contributed by atoms with Crippen LogP contribution in [0.3, 0.4) is 0 Å². The Morgan fingerprint density at radius 2 is 1.96 bits per heavy atom. The van der Waals surface area contributed by atoms with Crippen molar-refractivity contribution in [3.63, 3.8) is 0 Å². The number of rotatable bonds is 11. The minimum absolute atomic E-state index is 0.0886. The molecule has 0 aliphatic carbocycles. The van der Waals surface area contributed by atoms with Crippen molar-refractivity contribution in [2.45, 2.75) is 26.8 Å². The van der Waals surface area contributed by atoms with Gasteiger partial charge in [0.05, 0.1) is 20.0 Å². The van der Waals surface area contributed by atoms with Gasteiger partial charge in [0.1, 0.15) is 11.5 Å². The molecule has 8 nitrogen and oxygen atoms in total. The van der Waals surface area contributed by atoms with Crippen LogP contribution in [-0.2, 0) is 16.6 Å². The van der Waals surface area contributed by atoms with Gasteiger partial charge in [-0.25, -0.2) is 13.1 Å². The van der Waals surface area contributed by atoms with E-state index in [2.05, 4.69) is 15.0 Å². The Morgan fingerprint density at radius 3 is 2.56 bits per heavy atom. The lowest BCUT2D eigenvalue weighted by molar-refractivity contribution is 0.382. The summed E-state index contributed by atoms with van der Waals surface area (Å²) in [6, 6.07) is 5.72. The number of aliphatic imine (C=N–C) groups is 1.